The van der Waals surface area contributed by atoms with Gasteiger partial charge in [-0.05, 0) is 22.0 Å². The molecule has 0 bridgehead atoms. The number of carbonyl (C=O) groups excluding carboxylic acids is 1. The van der Waals surface area contributed by atoms with Gasteiger partial charge in [-0.25, -0.2) is 0 Å². The normalized spacial score (nSPS) is 18.6. The van der Waals surface area contributed by atoms with Crippen LogP contribution in [0.25, 0.3) is 0 Å². The Balaban J connectivity index is 2.01. The Morgan fingerprint density at radius 2 is 2.30 bits per heavy atom. The number of nitro groups is 1. The highest BCUT2D eigenvalue weighted by Crippen LogP contribution is 2.28. The van der Waals surface area contributed by atoms with Crippen molar-refractivity contribution in [3.05, 3.63) is 38.3 Å². The minimum atomic E-state index is -0.543. The third-order valence-corrected chi connectivity index (χ3v) is 3.63. The Labute approximate surface area is 123 Å². The number of rotatable bonds is 4. The van der Waals surface area contributed by atoms with Gasteiger partial charge in [-0.3, -0.25) is 14.9 Å². The maximum absolute atomic E-state index is 12.0. The molecule has 1 N–H and O–H groups in total. The van der Waals surface area contributed by atoms with Crippen LogP contribution in [0, 0.1) is 10.1 Å². The van der Waals surface area contributed by atoms with Crippen molar-refractivity contribution in [1.29, 1.82) is 0 Å². The number of hydrogen-bond donors (Lipinski definition) is 1. The molecule has 0 aliphatic carbocycles. The number of ether oxygens (including phenoxy) is 2. The van der Waals surface area contributed by atoms with Gasteiger partial charge in [-0.2, -0.15) is 0 Å². The van der Waals surface area contributed by atoms with Gasteiger partial charge in [0.05, 0.1) is 36.4 Å². The summed E-state index contributed by atoms with van der Waals surface area (Å²) in [6, 6.07) is 4.32. The molecule has 1 aromatic rings. The van der Waals surface area contributed by atoms with Crippen molar-refractivity contribution in [1.82, 2.24) is 5.32 Å². The molecule has 2 rings (SSSR count). The molecule has 1 unspecified atom stereocenters. The van der Waals surface area contributed by atoms with Gasteiger partial charge in [0.25, 0.3) is 11.6 Å². The Morgan fingerprint density at radius 1 is 1.50 bits per heavy atom. The number of nitro benzene ring substituents is 1. The average molecular weight is 345 g/mol. The number of amides is 1. The fourth-order valence-electron chi connectivity index (χ4n) is 1.79. The molecule has 1 aliphatic heterocycles. The number of nitrogens with one attached hydrogen (secondary N) is 1. The molecule has 1 amide bonds. The van der Waals surface area contributed by atoms with Crippen molar-refractivity contribution >= 4 is 27.5 Å². The lowest BCUT2D eigenvalue weighted by Gasteiger charge is -2.23. The number of benzene rings is 1. The van der Waals surface area contributed by atoms with Crippen LogP contribution in [0.1, 0.15) is 10.4 Å². The molecule has 1 atom stereocenters. The first-order chi connectivity index (χ1) is 9.59. The van der Waals surface area contributed by atoms with E-state index in [-0.39, 0.29) is 21.8 Å². The molecule has 0 saturated carbocycles. The van der Waals surface area contributed by atoms with E-state index < -0.39 is 10.8 Å². The summed E-state index contributed by atoms with van der Waals surface area (Å²) in [6.45, 7) is 1.78. The van der Waals surface area contributed by atoms with E-state index in [1.807, 2.05) is 0 Å². The van der Waals surface area contributed by atoms with Gasteiger partial charge in [-0.1, -0.05) is 6.07 Å². The molecule has 20 heavy (non-hydrogen) atoms. The Hall–Kier alpha value is -1.51. The van der Waals surface area contributed by atoms with Crippen molar-refractivity contribution in [3.8, 4) is 0 Å². The summed E-state index contributed by atoms with van der Waals surface area (Å²) >= 11 is 3.09. The van der Waals surface area contributed by atoms with Gasteiger partial charge in [-0.15, -0.1) is 0 Å². The molecule has 0 radical (unpaired) electrons. The van der Waals surface area contributed by atoms with Crippen molar-refractivity contribution in [2.75, 3.05) is 26.4 Å². The lowest BCUT2D eigenvalue weighted by atomic mass is 10.2. The summed E-state index contributed by atoms with van der Waals surface area (Å²) in [7, 11) is 0. The highest BCUT2D eigenvalue weighted by molar-refractivity contribution is 9.10. The number of nitrogens with zero attached hydrogens (tertiary/aromatic N) is 1. The summed E-state index contributed by atoms with van der Waals surface area (Å²) in [6.07, 6.45) is -0.190. The monoisotopic (exact) mass is 344 g/mol. The summed E-state index contributed by atoms with van der Waals surface area (Å²) in [5.74, 6) is -0.394. The molecule has 108 valence electrons. The van der Waals surface area contributed by atoms with Gasteiger partial charge in [0.2, 0.25) is 0 Å². The molecule has 1 aromatic carbocycles. The predicted molar refractivity (Wildman–Crippen MR) is 73.7 cm³/mol. The van der Waals surface area contributed by atoms with Gasteiger partial charge < -0.3 is 14.8 Å². The van der Waals surface area contributed by atoms with E-state index in [2.05, 4.69) is 21.2 Å². The minimum Gasteiger partial charge on any atom is -0.376 e. The minimum absolute atomic E-state index is 0.144. The van der Waals surface area contributed by atoms with Crippen LogP contribution in [0.2, 0.25) is 0 Å². The van der Waals surface area contributed by atoms with E-state index >= 15 is 0 Å². The SMILES string of the molecule is O=C(NCC1COCCO1)c1cccc([N+](=O)[O-])c1Br. The highest BCUT2D eigenvalue weighted by atomic mass is 79.9. The largest absolute Gasteiger partial charge is 0.376 e. The van der Waals surface area contributed by atoms with Crippen LogP contribution in [0.3, 0.4) is 0 Å². The van der Waals surface area contributed by atoms with Gasteiger partial charge in [0.15, 0.2) is 0 Å². The summed E-state index contributed by atoms with van der Waals surface area (Å²) in [5, 5.41) is 13.5. The molecule has 1 saturated heterocycles. The van der Waals surface area contributed by atoms with Crippen LogP contribution in [0.15, 0.2) is 22.7 Å². The fourth-order valence-corrected chi connectivity index (χ4v) is 2.38. The van der Waals surface area contributed by atoms with Crippen LogP contribution < -0.4 is 5.32 Å². The quantitative estimate of drug-likeness (QED) is 0.660. The average Bonchev–Trinajstić information content (AvgIpc) is 2.46. The maximum atomic E-state index is 12.0. The van der Waals surface area contributed by atoms with E-state index in [9.17, 15) is 14.9 Å². The first kappa shape index (κ1) is 14.9. The van der Waals surface area contributed by atoms with E-state index in [0.717, 1.165) is 0 Å². The fraction of sp³-hybridized carbons (Fsp3) is 0.417. The topological polar surface area (TPSA) is 90.7 Å². The predicted octanol–water partition coefficient (Wildman–Crippen LogP) is 1.50. The zero-order chi connectivity index (χ0) is 14.5. The zero-order valence-corrected chi connectivity index (χ0v) is 12.1. The van der Waals surface area contributed by atoms with Crippen LogP contribution in [0.5, 0.6) is 0 Å². The molecule has 7 nitrogen and oxygen atoms in total. The molecule has 8 heteroatoms. The first-order valence-electron chi connectivity index (χ1n) is 6.00. The third kappa shape index (κ3) is 3.53. The smallest absolute Gasteiger partial charge is 0.284 e. The Morgan fingerprint density at radius 3 is 2.95 bits per heavy atom. The third-order valence-electron chi connectivity index (χ3n) is 2.79. The zero-order valence-electron chi connectivity index (χ0n) is 10.5. The van der Waals surface area contributed by atoms with Crippen LogP contribution in [0.4, 0.5) is 5.69 Å². The van der Waals surface area contributed by atoms with E-state index in [1.165, 1.54) is 18.2 Å². The van der Waals surface area contributed by atoms with Crippen molar-refractivity contribution in [3.63, 3.8) is 0 Å². The van der Waals surface area contributed by atoms with Gasteiger partial charge >= 0.3 is 0 Å². The van der Waals surface area contributed by atoms with Crippen molar-refractivity contribution < 1.29 is 19.2 Å². The summed E-state index contributed by atoms with van der Waals surface area (Å²) < 4.78 is 10.8. The van der Waals surface area contributed by atoms with Crippen LogP contribution in [-0.4, -0.2) is 43.3 Å². The van der Waals surface area contributed by atoms with Crippen molar-refractivity contribution in [2.45, 2.75) is 6.10 Å². The number of carbonyl (C=O) groups is 1. The molecule has 1 aliphatic rings. The van der Waals surface area contributed by atoms with E-state index in [0.29, 0.717) is 26.4 Å². The molecule has 0 aromatic heterocycles. The molecule has 1 fully saturated rings. The van der Waals surface area contributed by atoms with E-state index in [1.54, 1.807) is 0 Å². The number of hydrogen-bond acceptors (Lipinski definition) is 5. The van der Waals surface area contributed by atoms with Crippen LogP contribution >= 0.6 is 15.9 Å². The maximum Gasteiger partial charge on any atom is 0.284 e. The summed E-state index contributed by atoms with van der Waals surface area (Å²) in [5.41, 5.74) is 0.0748. The first-order valence-corrected chi connectivity index (χ1v) is 6.79. The molecule has 1 heterocycles. The standard InChI is InChI=1S/C12H13BrN2O5/c13-11-9(2-1-3-10(11)15(17)18)12(16)14-6-8-7-19-4-5-20-8/h1-3,8H,4-7H2,(H,14,16). The molecular weight excluding hydrogens is 332 g/mol. The molecule has 0 spiro atoms. The molecular formula is C12H13BrN2O5. The van der Waals surface area contributed by atoms with Gasteiger partial charge in [0, 0.05) is 12.6 Å². The Kier molecular flexibility index (Phi) is 5.05. The summed E-state index contributed by atoms with van der Waals surface area (Å²) in [4.78, 5) is 22.3. The second kappa shape index (κ2) is 6.78. The van der Waals surface area contributed by atoms with Crippen molar-refractivity contribution in [2.24, 2.45) is 0 Å². The van der Waals surface area contributed by atoms with Gasteiger partial charge in [0.1, 0.15) is 4.47 Å². The highest BCUT2D eigenvalue weighted by Gasteiger charge is 2.21. The Bertz CT molecular complexity index is 517. The lowest BCUT2D eigenvalue weighted by Crippen LogP contribution is -2.39. The number of halogens is 1. The van der Waals surface area contributed by atoms with Crippen LogP contribution in [-0.2, 0) is 9.47 Å². The second-order valence-electron chi connectivity index (χ2n) is 4.17. The second-order valence-corrected chi connectivity index (χ2v) is 4.97. The van der Waals surface area contributed by atoms with E-state index in [4.69, 9.17) is 9.47 Å². The lowest BCUT2D eigenvalue weighted by molar-refractivity contribution is -0.385.